The summed E-state index contributed by atoms with van der Waals surface area (Å²) in [5.41, 5.74) is 0.210. The number of aromatic nitrogens is 2. The Hall–Kier alpha value is -2.18. The predicted octanol–water partition coefficient (Wildman–Crippen LogP) is 3.20. The van der Waals surface area contributed by atoms with Gasteiger partial charge < -0.3 is 14.2 Å². The number of benzene rings is 1. The number of ether oxygens (including phenoxy) is 3. The van der Waals surface area contributed by atoms with Crippen LogP contribution >= 0.6 is 23.2 Å². The van der Waals surface area contributed by atoms with Gasteiger partial charge in [0.1, 0.15) is 5.02 Å². The van der Waals surface area contributed by atoms with E-state index in [9.17, 15) is 4.79 Å². The van der Waals surface area contributed by atoms with Crippen molar-refractivity contribution >= 4 is 35.5 Å². The minimum absolute atomic E-state index is 0.0868. The number of hydrogen-bond donors (Lipinski definition) is 0. The summed E-state index contributed by atoms with van der Waals surface area (Å²) in [5, 5.41) is 3.91. The average molecular weight is 357 g/mol. The maximum atomic E-state index is 11.9. The van der Waals surface area contributed by atoms with Crippen molar-refractivity contribution in [3.63, 3.8) is 0 Å². The van der Waals surface area contributed by atoms with Crippen LogP contribution in [-0.2, 0) is 0 Å². The van der Waals surface area contributed by atoms with E-state index in [1.54, 1.807) is 18.2 Å². The van der Waals surface area contributed by atoms with Gasteiger partial charge >= 0.3 is 0 Å². The highest BCUT2D eigenvalue weighted by atomic mass is 35.5. The fourth-order valence-corrected chi connectivity index (χ4v) is 2.15. The van der Waals surface area contributed by atoms with Crippen molar-refractivity contribution in [1.29, 1.82) is 0 Å². The minimum Gasteiger partial charge on any atom is -0.493 e. The first-order valence-corrected chi connectivity index (χ1v) is 7.18. The highest BCUT2D eigenvalue weighted by molar-refractivity contribution is 6.41. The van der Waals surface area contributed by atoms with Gasteiger partial charge in [0.25, 0.3) is 5.56 Å². The normalized spacial score (nSPS) is 10.8. The van der Waals surface area contributed by atoms with Crippen molar-refractivity contribution in [2.45, 2.75) is 0 Å². The molecule has 1 aromatic carbocycles. The lowest BCUT2D eigenvalue weighted by atomic mass is 10.2. The third-order valence-electron chi connectivity index (χ3n) is 3.00. The number of rotatable bonds is 5. The lowest BCUT2D eigenvalue weighted by Crippen LogP contribution is -2.18. The van der Waals surface area contributed by atoms with E-state index in [1.165, 1.54) is 33.7 Å². The molecule has 0 amide bonds. The van der Waals surface area contributed by atoms with Crippen LogP contribution in [0.3, 0.4) is 0 Å². The molecule has 0 N–H and O–H groups in total. The molecule has 1 heterocycles. The Morgan fingerprint density at radius 1 is 1.09 bits per heavy atom. The van der Waals surface area contributed by atoms with Crippen molar-refractivity contribution in [3.05, 3.63) is 44.3 Å². The van der Waals surface area contributed by atoms with E-state index in [0.29, 0.717) is 17.2 Å². The van der Waals surface area contributed by atoms with Gasteiger partial charge in [0, 0.05) is 6.20 Å². The van der Waals surface area contributed by atoms with Crippen LogP contribution in [0.4, 0.5) is 0 Å². The monoisotopic (exact) mass is 356 g/mol. The van der Waals surface area contributed by atoms with Gasteiger partial charge in [0.15, 0.2) is 11.5 Å². The molecular formula is C15H14Cl2N2O4. The molecule has 0 spiro atoms. The molecule has 2 rings (SSSR count). The van der Waals surface area contributed by atoms with Gasteiger partial charge in [-0.25, -0.2) is 4.68 Å². The second-order valence-electron chi connectivity index (χ2n) is 4.33. The van der Waals surface area contributed by atoms with E-state index in [1.807, 2.05) is 0 Å². The molecule has 0 fully saturated rings. The van der Waals surface area contributed by atoms with Gasteiger partial charge in [0.05, 0.1) is 32.5 Å². The zero-order valence-corrected chi connectivity index (χ0v) is 14.2. The van der Waals surface area contributed by atoms with Gasteiger partial charge in [-0.1, -0.05) is 23.2 Å². The Kier molecular flexibility index (Phi) is 5.52. The van der Waals surface area contributed by atoms with Crippen LogP contribution in [0.15, 0.2) is 23.1 Å². The molecule has 122 valence electrons. The summed E-state index contributed by atoms with van der Waals surface area (Å²) in [5.74, 6) is 1.49. The van der Waals surface area contributed by atoms with Gasteiger partial charge in [-0.05, 0) is 23.8 Å². The summed E-state index contributed by atoms with van der Waals surface area (Å²) in [6, 6.07) is 3.47. The second kappa shape index (κ2) is 7.39. The van der Waals surface area contributed by atoms with E-state index >= 15 is 0 Å². The molecule has 6 nitrogen and oxygen atoms in total. The second-order valence-corrected chi connectivity index (χ2v) is 5.12. The molecule has 1 aromatic heterocycles. The van der Waals surface area contributed by atoms with Crippen LogP contribution in [0.1, 0.15) is 5.56 Å². The SMILES string of the molecule is COc1cc(/C=C/n2ncc(Cl)c(Cl)c2=O)cc(OC)c1OC. The van der Waals surface area contributed by atoms with E-state index < -0.39 is 5.56 Å². The third-order valence-corrected chi connectivity index (χ3v) is 3.74. The Labute approximate surface area is 142 Å². The number of nitrogens with zero attached hydrogens (tertiary/aromatic N) is 2. The van der Waals surface area contributed by atoms with Crippen LogP contribution in [0.2, 0.25) is 10.0 Å². The Balaban J connectivity index is 2.44. The molecule has 0 aliphatic rings. The molecule has 0 saturated carbocycles. The maximum Gasteiger partial charge on any atom is 0.291 e. The van der Waals surface area contributed by atoms with Gasteiger partial charge in [0.2, 0.25) is 5.75 Å². The minimum atomic E-state index is -0.511. The topological polar surface area (TPSA) is 62.6 Å². The maximum absolute atomic E-state index is 11.9. The number of hydrogen-bond acceptors (Lipinski definition) is 5. The molecule has 0 aliphatic carbocycles. The quantitative estimate of drug-likeness (QED) is 0.822. The molecule has 0 unspecified atom stereocenters. The average Bonchev–Trinajstić information content (AvgIpc) is 2.57. The van der Waals surface area contributed by atoms with E-state index in [-0.39, 0.29) is 10.0 Å². The summed E-state index contributed by atoms with van der Waals surface area (Å²) in [7, 11) is 4.57. The molecule has 2 aromatic rings. The Morgan fingerprint density at radius 3 is 2.22 bits per heavy atom. The van der Waals surface area contributed by atoms with Crippen molar-refractivity contribution in [1.82, 2.24) is 9.78 Å². The van der Waals surface area contributed by atoms with Crippen molar-refractivity contribution in [2.75, 3.05) is 21.3 Å². The fourth-order valence-electron chi connectivity index (χ4n) is 1.89. The van der Waals surface area contributed by atoms with Gasteiger partial charge in [-0.15, -0.1) is 0 Å². The van der Waals surface area contributed by atoms with Crippen molar-refractivity contribution < 1.29 is 14.2 Å². The zero-order chi connectivity index (χ0) is 17.0. The molecule has 0 radical (unpaired) electrons. The standard InChI is InChI=1S/C15H14Cl2N2O4/c1-21-11-6-9(7-12(22-2)14(11)23-3)4-5-19-15(20)13(17)10(16)8-18-19/h4-8H,1-3H3/b5-4+. The highest BCUT2D eigenvalue weighted by Gasteiger charge is 2.12. The van der Waals surface area contributed by atoms with Crippen LogP contribution in [0.5, 0.6) is 17.2 Å². The summed E-state index contributed by atoms with van der Waals surface area (Å²) >= 11 is 11.5. The Morgan fingerprint density at radius 2 is 1.70 bits per heavy atom. The zero-order valence-electron chi connectivity index (χ0n) is 12.7. The highest BCUT2D eigenvalue weighted by Crippen LogP contribution is 2.38. The summed E-state index contributed by atoms with van der Waals surface area (Å²) in [4.78, 5) is 11.9. The smallest absolute Gasteiger partial charge is 0.291 e. The first-order valence-electron chi connectivity index (χ1n) is 6.42. The van der Waals surface area contributed by atoms with Crippen LogP contribution in [0, 0.1) is 0 Å². The van der Waals surface area contributed by atoms with Crippen LogP contribution in [-0.4, -0.2) is 31.1 Å². The molecule has 0 aliphatic heterocycles. The summed E-state index contributed by atoms with van der Waals surface area (Å²) in [6.45, 7) is 0. The van der Waals surface area contributed by atoms with Crippen molar-refractivity contribution in [3.8, 4) is 17.2 Å². The van der Waals surface area contributed by atoms with Gasteiger partial charge in [-0.2, -0.15) is 5.10 Å². The number of halogens is 2. The van der Waals surface area contributed by atoms with E-state index in [4.69, 9.17) is 37.4 Å². The molecule has 0 atom stereocenters. The van der Waals surface area contributed by atoms with Gasteiger partial charge in [-0.3, -0.25) is 4.79 Å². The van der Waals surface area contributed by atoms with Crippen LogP contribution < -0.4 is 19.8 Å². The summed E-state index contributed by atoms with van der Waals surface area (Å²) < 4.78 is 16.9. The Bertz CT molecular complexity index is 778. The van der Waals surface area contributed by atoms with Crippen LogP contribution in [0.25, 0.3) is 12.3 Å². The first-order chi connectivity index (χ1) is 11.0. The largest absolute Gasteiger partial charge is 0.493 e. The molecule has 23 heavy (non-hydrogen) atoms. The predicted molar refractivity (Wildman–Crippen MR) is 89.8 cm³/mol. The van der Waals surface area contributed by atoms with E-state index in [0.717, 1.165) is 10.2 Å². The molecular weight excluding hydrogens is 343 g/mol. The lowest BCUT2D eigenvalue weighted by Gasteiger charge is -2.12. The number of methoxy groups -OCH3 is 3. The fraction of sp³-hybridized carbons (Fsp3) is 0.200. The summed E-state index contributed by atoms with van der Waals surface area (Å²) in [6.07, 6.45) is 4.42. The third kappa shape index (κ3) is 3.60. The van der Waals surface area contributed by atoms with Crippen molar-refractivity contribution in [2.24, 2.45) is 0 Å². The molecule has 0 saturated heterocycles. The first kappa shape index (κ1) is 17.2. The molecule has 0 bridgehead atoms. The lowest BCUT2D eigenvalue weighted by molar-refractivity contribution is 0.324. The molecule has 8 heteroatoms. The van der Waals surface area contributed by atoms with E-state index in [2.05, 4.69) is 5.10 Å².